The van der Waals surface area contributed by atoms with Crippen molar-refractivity contribution < 1.29 is 14.0 Å². The van der Waals surface area contributed by atoms with Gasteiger partial charge < -0.3 is 10.6 Å². The van der Waals surface area contributed by atoms with Crippen LogP contribution in [0.4, 0.5) is 4.39 Å². The highest BCUT2D eigenvalue weighted by Crippen LogP contribution is 2.18. The van der Waals surface area contributed by atoms with E-state index in [2.05, 4.69) is 26.6 Å². The van der Waals surface area contributed by atoms with Crippen LogP contribution in [0, 0.1) is 5.82 Å². The molecule has 0 saturated heterocycles. The summed E-state index contributed by atoms with van der Waals surface area (Å²) in [6.45, 7) is 1.56. The monoisotopic (exact) mass is 390 g/mol. The predicted molar refractivity (Wildman–Crippen MR) is 94.2 cm³/mol. The topological polar surface area (TPSA) is 58.2 Å². The average Bonchev–Trinajstić information content (AvgIpc) is 2.55. The van der Waals surface area contributed by atoms with Gasteiger partial charge in [-0.25, -0.2) is 4.39 Å². The standard InChI is InChI=1S/C18H16BrFN2O2/c1-12(23)22-17(10-14-4-2-3-5-16(14)19)18(24)21-11-13-6-8-15(20)9-7-13/h2-10H,11H2,1H3,(H,21,24)(H,22,23)/b17-10-. The van der Waals surface area contributed by atoms with Gasteiger partial charge in [0.25, 0.3) is 5.91 Å². The minimum atomic E-state index is -0.426. The van der Waals surface area contributed by atoms with Crippen LogP contribution in [0.3, 0.4) is 0 Å². The van der Waals surface area contributed by atoms with Crippen molar-refractivity contribution in [2.45, 2.75) is 13.5 Å². The fourth-order valence-corrected chi connectivity index (χ4v) is 2.37. The Labute approximate surface area is 147 Å². The molecule has 2 aromatic carbocycles. The quantitative estimate of drug-likeness (QED) is 0.768. The molecule has 2 amide bonds. The first-order chi connectivity index (χ1) is 11.5. The van der Waals surface area contributed by atoms with Gasteiger partial charge in [-0.15, -0.1) is 0 Å². The summed E-state index contributed by atoms with van der Waals surface area (Å²) >= 11 is 3.40. The average molecular weight is 391 g/mol. The Morgan fingerprint density at radius 3 is 2.42 bits per heavy atom. The molecule has 4 nitrogen and oxygen atoms in total. The molecule has 2 rings (SSSR count). The molecule has 0 bridgehead atoms. The molecular formula is C18H16BrFN2O2. The zero-order chi connectivity index (χ0) is 17.5. The normalized spacial score (nSPS) is 11.0. The second-order valence-electron chi connectivity index (χ2n) is 5.07. The molecule has 0 atom stereocenters. The van der Waals surface area contributed by atoms with Crippen molar-refractivity contribution >= 4 is 33.8 Å². The van der Waals surface area contributed by atoms with Crippen molar-refractivity contribution in [2.24, 2.45) is 0 Å². The van der Waals surface area contributed by atoms with Crippen LogP contribution >= 0.6 is 15.9 Å². The molecule has 0 spiro atoms. The molecule has 0 aromatic heterocycles. The lowest BCUT2D eigenvalue weighted by Gasteiger charge is -2.10. The Bertz CT molecular complexity index is 773. The number of nitrogens with one attached hydrogen (secondary N) is 2. The zero-order valence-electron chi connectivity index (χ0n) is 13.0. The van der Waals surface area contributed by atoms with Crippen molar-refractivity contribution in [3.63, 3.8) is 0 Å². The van der Waals surface area contributed by atoms with E-state index in [4.69, 9.17) is 0 Å². The molecule has 0 fully saturated rings. The van der Waals surface area contributed by atoms with E-state index in [0.29, 0.717) is 0 Å². The van der Waals surface area contributed by atoms with Crippen molar-refractivity contribution in [2.75, 3.05) is 0 Å². The lowest BCUT2D eigenvalue weighted by atomic mass is 10.1. The Balaban J connectivity index is 2.14. The van der Waals surface area contributed by atoms with Gasteiger partial charge in [0.1, 0.15) is 11.5 Å². The summed E-state index contributed by atoms with van der Waals surface area (Å²) < 4.78 is 13.7. The van der Waals surface area contributed by atoms with E-state index >= 15 is 0 Å². The van der Waals surface area contributed by atoms with Crippen LogP contribution in [0.1, 0.15) is 18.1 Å². The third-order valence-corrected chi connectivity index (χ3v) is 3.85. The van der Waals surface area contributed by atoms with Gasteiger partial charge in [-0.2, -0.15) is 0 Å². The summed E-state index contributed by atoms with van der Waals surface area (Å²) in [7, 11) is 0. The second kappa shape index (κ2) is 8.40. The molecule has 2 N–H and O–H groups in total. The van der Waals surface area contributed by atoms with Crippen LogP contribution in [-0.4, -0.2) is 11.8 Å². The van der Waals surface area contributed by atoms with Gasteiger partial charge in [0, 0.05) is 17.9 Å². The molecule has 24 heavy (non-hydrogen) atoms. The lowest BCUT2D eigenvalue weighted by Crippen LogP contribution is -2.33. The van der Waals surface area contributed by atoms with Gasteiger partial charge in [-0.1, -0.05) is 46.3 Å². The highest BCUT2D eigenvalue weighted by molar-refractivity contribution is 9.10. The van der Waals surface area contributed by atoms with E-state index < -0.39 is 5.91 Å². The van der Waals surface area contributed by atoms with Crippen LogP contribution in [0.2, 0.25) is 0 Å². The van der Waals surface area contributed by atoms with Gasteiger partial charge >= 0.3 is 0 Å². The van der Waals surface area contributed by atoms with E-state index in [1.165, 1.54) is 19.1 Å². The summed E-state index contributed by atoms with van der Waals surface area (Å²) in [6.07, 6.45) is 1.59. The number of rotatable bonds is 5. The number of amides is 2. The highest BCUT2D eigenvalue weighted by Gasteiger charge is 2.12. The number of hydrogen-bond donors (Lipinski definition) is 2. The third kappa shape index (κ3) is 5.31. The highest BCUT2D eigenvalue weighted by atomic mass is 79.9. The molecule has 2 aromatic rings. The first-order valence-corrected chi connectivity index (χ1v) is 8.01. The van der Waals surface area contributed by atoms with Gasteiger partial charge in [-0.3, -0.25) is 9.59 Å². The minimum absolute atomic E-state index is 0.136. The van der Waals surface area contributed by atoms with Crippen LogP contribution < -0.4 is 10.6 Å². The van der Waals surface area contributed by atoms with E-state index in [1.54, 1.807) is 18.2 Å². The second-order valence-corrected chi connectivity index (χ2v) is 5.92. The molecule has 0 aliphatic carbocycles. The molecule has 0 aliphatic heterocycles. The number of carbonyl (C=O) groups is 2. The van der Waals surface area contributed by atoms with Crippen molar-refractivity contribution in [3.8, 4) is 0 Å². The first-order valence-electron chi connectivity index (χ1n) is 7.22. The molecular weight excluding hydrogens is 375 g/mol. The van der Waals surface area contributed by atoms with Gasteiger partial charge in [0.2, 0.25) is 5.91 Å². The largest absolute Gasteiger partial charge is 0.347 e. The Kier molecular flexibility index (Phi) is 6.26. The smallest absolute Gasteiger partial charge is 0.268 e. The Morgan fingerprint density at radius 1 is 1.12 bits per heavy atom. The first kappa shape index (κ1) is 17.9. The van der Waals surface area contributed by atoms with Crippen LogP contribution in [0.5, 0.6) is 0 Å². The summed E-state index contributed by atoms with van der Waals surface area (Å²) in [4.78, 5) is 23.7. The van der Waals surface area contributed by atoms with E-state index in [1.807, 2.05) is 24.3 Å². The molecule has 0 unspecified atom stereocenters. The van der Waals surface area contributed by atoms with Gasteiger partial charge in [0.05, 0.1) is 0 Å². The molecule has 6 heteroatoms. The summed E-state index contributed by atoms with van der Waals surface area (Å²) in [5.74, 6) is -1.10. The van der Waals surface area contributed by atoms with Crippen molar-refractivity contribution in [1.82, 2.24) is 10.6 Å². The maximum Gasteiger partial charge on any atom is 0.268 e. The summed E-state index contributed by atoms with van der Waals surface area (Å²) in [6, 6.07) is 13.2. The summed E-state index contributed by atoms with van der Waals surface area (Å²) in [5, 5.41) is 5.23. The molecule has 124 valence electrons. The number of benzene rings is 2. The summed E-state index contributed by atoms with van der Waals surface area (Å²) in [5.41, 5.74) is 1.66. The Hall–Kier alpha value is -2.47. The number of hydrogen-bond acceptors (Lipinski definition) is 2. The van der Waals surface area contributed by atoms with Crippen molar-refractivity contribution in [1.29, 1.82) is 0 Å². The fraction of sp³-hybridized carbons (Fsp3) is 0.111. The predicted octanol–water partition coefficient (Wildman–Crippen LogP) is 3.38. The maximum absolute atomic E-state index is 12.9. The van der Waals surface area contributed by atoms with E-state index in [-0.39, 0.29) is 24.0 Å². The SMILES string of the molecule is CC(=O)N/C(=C\c1ccccc1Br)C(=O)NCc1ccc(F)cc1. The fourth-order valence-electron chi connectivity index (χ4n) is 1.98. The molecule has 0 radical (unpaired) electrons. The van der Waals surface area contributed by atoms with Gasteiger partial charge in [-0.05, 0) is 35.4 Å². The maximum atomic E-state index is 12.9. The van der Waals surface area contributed by atoms with Crippen LogP contribution in [0.25, 0.3) is 6.08 Å². The van der Waals surface area contributed by atoms with Crippen LogP contribution in [0.15, 0.2) is 58.7 Å². The van der Waals surface area contributed by atoms with E-state index in [9.17, 15) is 14.0 Å². The Morgan fingerprint density at radius 2 is 1.79 bits per heavy atom. The number of carbonyl (C=O) groups excluding carboxylic acids is 2. The third-order valence-electron chi connectivity index (χ3n) is 3.13. The minimum Gasteiger partial charge on any atom is -0.347 e. The van der Waals surface area contributed by atoms with Crippen molar-refractivity contribution in [3.05, 3.63) is 75.6 Å². The molecule has 0 saturated carbocycles. The molecule has 0 heterocycles. The van der Waals surface area contributed by atoms with Crippen LogP contribution in [-0.2, 0) is 16.1 Å². The number of halogens is 2. The van der Waals surface area contributed by atoms with Gasteiger partial charge in [0.15, 0.2) is 0 Å². The zero-order valence-corrected chi connectivity index (χ0v) is 14.6. The lowest BCUT2D eigenvalue weighted by molar-refractivity contribution is -0.122. The van der Waals surface area contributed by atoms with E-state index in [0.717, 1.165) is 15.6 Å². The molecule has 0 aliphatic rings.